The lowest BCUT2D eigenvalue weighted by atomic mass is 10.2. The molecule has 0 saturated heterocycles. The Balaban J connectivity index is 2.78. The van der Waals surface area contributed by atoms with Crippen molar-refractivity contribution in [1.82, 2.24) is 4.90 Å². The van der Waals surface area contributed by atoms with Gasteiger partial charge >= 0.3 is 0 Å². The van der Waals surface area contributed by atoms with E-state index in [0.29, 0.717) is 0 Å². The lowest BCUT2D eigenvalue weighted by Gasteiger charge is -2.33. The number of nitrogens with zero attached hydrogens (tertiary/aromatic N) is 1. The molecule has 0 aliphatic carbocycles. The van der Waals surface area contributed by atoms with Crippen molar-refractivity contribution in [2.45, 2.75) is 56.8 Å². The average molecular weight is 295 g/mol. The molecule has 0 aromatic heterocycles. The molecule has 0 N–H and O–H groups in total. The standard InChI is InChI=1S/C16H25NO2S/c1-11(2)17(12(3)4)16(18)13(5)20-15-9-7-8-14(10-15)19-6/h7-13H,1-6H3. The van der Waals surface area contributed by atoms with Gasteiger partial charge in [0.05, 0.1) is 12.4 Å². The summed E-state index contributed by atoms with van der Waals surface area (Å²) >= 11 is 1.57. The second-order valence-corrected chi connectivity index (χ2v) is 6.79. The summed E-state index contributed by atoms with van der Waals surface area (Å²) in [5.41, 5.74) is 0. The molecule has 1 amide bonds. The van der Waals surface area contributed by atoms with Gasteiger partial charge in [-0.25, -0.2) is 0 Å². The van der Waals surface area contributed by atoms with Crippen molar-refractivity contribution in [3.63, 3.8) is 0 Å². The van der Waals surface area contributed by atoms with Gasteiger partial charge in [0.1, 0.15) is 5.75 Å². The van der Waals surface area contributed by atoms with Crippen LogP contribution in [-0.2, 0) is 4.79 Å². The molecule has 1 aromatic rings. The van der Waals surface area contributed by atoms with Crippen LogP contribution < -0.4 is 4.74 Å². The molecule has 3 nitrogen and oxygen atoms in total. The summed E-state index contributed by atoms with van der Waals surface area (Å²) in [5, 5.41) is -0.105. The maximum Gasteiger partial charge on any atom is 0.236 e. The summed E-state index contributed by atoms with van der Waals surface area (Å²) in [6, 6.07) is 8.26. The van der Waals surface area contributed by atoms with Crippen molar-refractivity contribution >= 4 is 17.7 Å². The fraction of sp³-hybridized carbons (Fsp3) is 0.562. The number of hydrogen-bond acceptors (Lipinski definition) is 3. The first kappa shape index (κ1) is 16.9. The number of rotatable bonds is 6. The highest BCUT2D eigenvalue weighted by molar-refractivity contribution is 8.00. The zero-order valence-electron chi connectivity index (χ0n) is 13.2. The van der Waals surface area contributed by atoms with Crippen LogP contribution in [0.3, 0.4) is 0 Å². The van der Waals surface area contributed by atoms with Crippen molar-refractivity contribution < 1.29 is 9.53 Å². The molecule has 1 unspecified atom stereocenters. The van der Waals surface area contributed by atoms with E-state index in [9.17, 15) is 4.79 Å². The van der Waals surface area contributed by atoms with Gasteiger partial charge in [-0.3, -0.25) is 4.79 Å². The highest BCUT2D eigenvalue weighted by Gasteiger charge is 2.25. The van der Waals surface area contributed by atoms with Crippen LogP contribution in [0, 0.1) is 0 Å². The van der Waals surface area contributed by atoms with E-state index in [2.05, 4.69) is 27.7 Å². The maximum absolute atomic E-state index is 12.6. The first-order valence-corrected chi connectivity index (χ1v) is 7.87. The molecule has 0 bridgehead atoms. The number of methoxy groups -OCH3 is 1. The summed E-state index contributed by atoms with van der Waals surface area (Å²) in [5.74, 6) is 1.00. The Morgan fingerprint density at radius 3 is 2.25 bits per heavy atom. The molecule has 1 atom stereocenters. The lowest BCUT2D eigenvalue weighted by Crippen LogP contribution is -2.45. The van der Waals surface area contributed by atoms with Crippen molar-refractivity contribution in [2.24, 2.45) is 0 Å². The van der Waals surface area contributed by atoms with Crippen LogP contribution in [0.4, 0.5) is 0 Å². The summed E-state index contributed by atoms with van der Waals surface area (Å²) in [4.78, 5) is 15.6. The first-order valence-electron chi connectivity index (χ1n) is 6.99. The van der Waals surface area contributed by atoms with E-state index in [1.807, 2.05) is 36.1 Å². The molecule has 4 heteroatoms. The van der Waals surface area contributed by atoms with Gasteiger partial charge in [-0.05, 0) is 52.8 Å². The second-order valence-electron chi connectivity index (χ2n) is 5.37. The van der Waals surface area contributed by atoms with E-state index < -0.39 is 0 Å². The number of carbonyl (C=O) groups excluding carboxylic acids is 1. The summed E-state index contributed by atoms with van der Waals surface area (Å²) in [6.45, 7) is 10.2. The minimum atomic E-state index is -0.105. The summed E-state index contributed by atoms with van der Waals surface area (Å²) in [6.07, 6.45) is 0. The smallest absolute Gasteiger partial charge is 0.236 e. The first-order chi connectivity index (χ1) is 9.36. The Labute approximate surface area is 126 Å². The quantitative estimate of drug-likeness (QED) is 0.747. The molecule has 112 valence electrons. The number of carbonyl (C=O) groups is 1. The molecule has 0 aliphatic rings. The Morgan fingerprint density at radius 1 is 1.15 bits per heavy atom. The molecule has 1 rings (SSSR count). The molecule has 0 heterocycles. The molecule has 0 aliphatic heterocycles. The number of hydrogen-bond donors (Lipinski definition) is 0. The fourth-order valence-electron chi connectivity index (χ4n) is 2.24. The van der Waals surface area contributed by atoms with Crippen LogP contribution in [0.2, 0.25) is 0 Å². The topological polar surface area (TPSA) is 29.5 Å². The molecule has 1 aromatic carbocycles. The Morgan fingerprint density at radius 2 is 1.75 bits per heavy atom. The van der Waals surface area contributed by atoms with Gasteiger partial charge in [-0.1, -0.05) is 6.07 Å². The maximum atomic E-state index is 12.6. The third kappa shape index (κ3) is 4.44. The van der Waals surface area contributed by atoms with Gasteiger partial charge in [0, 0.05) is 17.0 Å². The monoisotopic (exact) mass is 295 g/mol. The number of benzene rings is 1. The Bertz CT molecular complexity index is 438. The number of thioether (sulfide) groups is 1. The minimum Gasteiger partial charge on any atom is -0.497 e. The molecule has 0 saturated carbocycles. The number of ether oxygens (including phenoxy) is 1. The molecule has 0 fully saturated rings. The predicted octanol–water partition coefficient (Wildman–Crippen LogP) is 3.82. The highest BCUT2D eigenvalue weighted by atomic mass is 32.2. The largest absolute Gasteiger partial charge is 0.497 e. The molecular formula is C16H25NO2S. The lowest BCUT2D eigenvalue weighted by molar-refractivity contribution is -0.133. The zero-order chi connectivity index (χ0) is 15.3. The Kier molecular flexibility index (Phi) is 6.40. The van der Waals surface area contributed by atoms with Crippen LogP contribution in [-0.4, -0.2) is 35.3 Å². The van der Waals surface area contributed by atoms with Crippen LogP contribution in [0.25, 0.3) is 0 Å². The normalized spacial score (nSPS) is 12.6. The summed E-state index contributed by atoms with van der Waals surface area (Å²) in [7, 11) is 1.65. The zero-order valence-corrected chi connectivity index (χ0v) is 14.0. The minimum absolute atomic E-state index is 0.105. The molecule has 0 spiro atoms. The third-order valence-corrected chi connectivity index (χ3v) is 4.15. The molecular weight excluding hydrogens is 270 g/mol. The van der Waals surface area contributed by atoms with Crippen molar-refractivity contribution in [3.8, 4) is 5.75 Å². The highest BCUT2D eigenvalue weighted by Crippen LogP contribution is 2.28. The van der Waals surface area contributed by atoms with E-state index in [1.54, 1.807) is 18.9 Å². The second kappa shape index (κ2) is 7.58. The van der Waals surface area contributed by atoms with Gasteiger partial charge < -0.3 is 9.64 Å². The molecule has 20 heavy (non-hydrogen) atoms. The average Bonchev–Trinajstić information content (AvgIpc) is 2.37. The SMILES string of the molecule is COc1cccc(SC(C)C(=O)N(C(C)C)C(C)C)c1. The van der Waals surface area contributed by atoms with Crippen LogP contribution in [0.1, 0.15) is 34.6 Å². The van der Waals surface area contributed by atoms with E-state index >= 15 is 0 Å². The predicted molar refractivity (Wildman–Crippen MR) is 85.4 cm³/mol. The summed E-state index contributed by atoms with van der Waals surface area (Å²) < 4.78 is 5.21. The van der Waals surface area contributed by atoms with Crippen molar-refractivity contribution in [1.29, 1.82) is 0 Å². The van der Waals surface area contributed by atoms with Crippen LogP contribution in [0.5, 0.6) is 5.75 Å². The Hall–Kier alpha value is -1.16. The van der Waals surface area contributed by atoms with Crippen LogP contribution >= 0.6 is 11.8 Å². The van der Waals surface area contributed by atoms with Gasteiger partial charge in [0.25, 0.3) is 0 Å². The molecule has 0 radical (unpaired) electrons. The third-order valence-electron chi connectivity index (χ3n) is 3.07. The van der Waals surface area contributed by atoms with E-state index in [-0.39, 0.29) is 23.2 Å². The van der Waals surface area contributed by atoms with E-state index in [1.165, 1.54) is 0 Å². The van der Waals surface area contributed by atoms with E-state index in [0.717, 1.165) is 10.6 Å². The van der Waals surface area contributed by atoms with Gasteiger partial charge in [0.15, 0.2) is 0 Å². The van der Waals surface area contributed by atoms with E-state index in [4.69, 9.17) is 4.74 Å². The number of amides is 1. The van der Waals surface area contributed by atoms with Gasteiger partial charge in [-0.2, -0.15) is 0 Å². The van der Waals surface area contributed by atoms with Gasteiger partial charge in [0.2, 0.25) is 5.91 Å². The van der Waals surface area contributed by atoms with Crippen molar-refractivity contribution in [2.75, 3.05) is 7.11 Å². The van der Waals surface area contributed by atoms with Crippen molar-refractivity contribution in [3.05, 3.63) is 24.3 Å². The van der Waals surface area contributed by atoms with Crippen LogP contribution in [0.15, 0.2) is 29.2 Å². The van der Waals surface area contributed by atoms with Gasteiger partial charge in [-0.15, -0.1) is 11.8 Å². The fourth-order valence-corrected chi connectivity index (χ4v) is 3.22.